The molecule has 1 saturated heterocycles. The largest absolute Gasteiger partial charge is 0.493 e. The highest BCUT2D eigenvalue weighted by atomic mass is 16.5. The molecule has 0 N–H and O–H groups in total. The number of ether oxygens (including phenoxy) is 2. The second kappa shape index (κ2) is 8.49. The number of amides is 1. The van der Waals surface area contributed by atoms with Crippen molar-refractivity contribution in [1.29, 1.82) is 0 Å². The third kappa shape index (κ3) is 4.17. The smallest absolute Gasteiger partial charge is 0.349 e. The second-order valence-electron chi connectivity index (χ2n) is 7.13. The number of para-hydroxylation sites is 1. The standard InChI is InChI=1S/C23H23NO5/c1-27-20-11-5-9-17-13-19(23(26)29-21(17)20)22(25)24(15-18-10-6-12-28-18)14-16-7-3-2-4-8-16/h2-5,7-9,11,13,18H,6,10,12,14-15H2,1H3/t18-/m0/s1. The van der Waals surface area contributed by atoms with E-state index in [2.05, 4.69) is 0 Å². The Morgan fingerprint density at radius 2 is 2.00 bits per heavy atom. The molecule has 1 aliphatic rings. The van der Waals surface area contributed by atoms with Gasteiger partial charge in [0.1, 0.15) is 5.56 Å². The summed E-state index contributed by atoms with van der Waals surface area (Å²) in [5, 5.41) is 0.643. The van der Waals surface area contributed by atoms with Gasteiger partial charge >= 0.3 is 5.63 Å². The molecule has 0 bridgehead atoms. The molecule has 0 radical (unpaired) electrons. The van der Waals surface area contributed by atoms with E-state index < -0.39 is 5.63 Å². The number of benzene rings is 2. The Balaban J connectivity index is 1.69. The van der Waals surface area contributed by atoms with Gasteiger partial charge in [-0.2, -0.15) is 0 Å². The number of rotatable bonds is 6. The van der Waals surface area contributed by atoms with E-state index in [-0.39, 0.29) is 17.6 Å². The lowest BCUT2D eigenvalue weighted by Crippen LogP contribution is -2.38. The molecule has 29 heavy (non-hydrogen) atoms. The van der Waals surface area contributed by atoms with Crippen LogP contribution in [0.3, 0.4) is 0 Å². The molecule has 1 aliphatic heterocycles. The monoisotopic (exact) mass is 393 g/mol. The van der Waals surface area contributed by atoms with Crippen LogP contribution in [0.5, 0.6) is 5.75 Å². The van der Waals surface area contributed by atoms with Crippen LogP contribution in [-0.2, 0) is 11.3 Å². The molecular formula is C23H23NO5. The van der Waals surface area contributed by atoms with Crippen LogP contribution in [0.25, 0.3) is 11.0 Å². The fourth-order valence-electron chi connectivity index (χ4n) is 3.66. The van der Waals surface area contributed by atoms with Crippen molar-refractivity contribution in [2.45, 2.75) is 25.5 Å². The molecule has 150 valence electrons. The Hall–Kier alpha value is -3.12. The van der Waals surface area contributed by atoms with E-state index >= 15 is 0 Å². The quantitative estimate of drug-likeness (QED) is 0.598. The molecule has 1 aromatic heterocycles. The Labute approximate surface area is 168 Å². The van der Waals surface area contributed by atoms with E-state index in [4.69, 9.17) is 13.9 Å². The molecule has 1 atom stereocenters. The fourth-order valence-corrected chi connectivity index (χ4v) is 3.66. The molecule has 2 aromatic carbocycles. The number of methoxy groups -OCH3 is 1. The Morgan fingerprint density at radius 1 is 1.17 bits per heavy atom. The van der Waals surface area contributed by atoms with Crippen molar-refractivity contribution in [3.05, 3.63) is 76.1 Å². The first-order chi connectivity index (χ1) is 14.2. The van der Waals surface area contributed by atoms with Crippen molar-refractivity contribution < 1.29 is 18.7 Å². The molecule has 2 heterocycles. The summed E-state index contributed by atoms with van der Waals surface area (Å²) in [5.74, 6) is 0.0990. The summed E-state index contributed by atoms with van der Waals surface area (Å²) in [6, 6.07) is 16.6. The molecule has 4 rings (SSSR count). The summed E-state index contributed by atoms with van der Waals surface area (Å²) in [5.41, 5.74) is 0.674. The number of nitrogens with zero attached hydrogens (tertiary/aromatic N) is 1. The van der Waals surface area contributed by atoms with E-state index in [1.54, 1.807) is 29.2 Å². The lowest BCUT2D eigenvalue weighted by Gasteiger charge is -2.25. The average molecular weight is 393 g/mol. The maximum atomic E-state index is 13.3. The highest BCUT2D eigenvalue weighted by Gasteiger charge is 2.26. The van der Waals surface area contributed by atoms with Gasteiger partial charge in [-0.3, -0.25) is 4.79 Å². The summed E-state index contributed by atoms with van der Waals surface area (Å²) in [6.07, 6.45) is 1.87. The first-order valence-electron chi connectivity index (χ1n) is 9.71. The van der Waals surface area contributed by atoms with Gasteiger partial charge in [0.15, 0.2) is 11.3 Å². The van der Waals surface area contributed by atoms with Crippen molar-refractivity contribution in [3.63, 3.8) is 0 Å². The SMILES string of the molecule is COc1cccc2cc(C(=O)N(Cc3ccccc3)C[C@@H]3CCCO3)c(=O)oc12. The number of hydrogen-bond donors (Lipinski definition) is 0. The van der Waals surface area contributed by atoms with Crippen LogP contribution in [0.2, 0.25) is 0 Å². The first-order valence-corrected chi connectivity index (χ1v) is 9.71. The van der Waals surface area contributed by atoms with Gasteiger partial charge in [0.05, 0.1) is 13.2 Å². The van der Waals surface area contributed by atoms with Gasteiger partial charge < -0.3 is 18.8 Å². The van der Waals surface area contributed by atoms with E-state index in [9.17, 15) is 9.59 Å². The van der Waals surface area contributed by atoms with Gasteiger partial charge in [0, 0.05) is 25.1 Å². The molecular weight excluding hydrogens is 370 g/mol. The topological polar surface area (TPSA) is 69.0 Å². The minimum Gasteiger partial charge on any atom is -0.493 e. The number of carbonyl (C=O) groups is 1. The van der Waals surface area contributed by atoms with Crippen molar-refractivity contribution >= 4 is 16.9 Å². The van der Waals surface area contributed by atoms with Crippen LogP contribution < -0.4 is 10.4 Å². The lowest BCUT2D eigenvalue weighted by molar-refractivity contribution is 0.0504. The highest BCUT2D eigenvalue weighted by molar-refractivity contribution is 5.97. The Morgan fingerprint density at radius 3 is 2.72 bits per heavy atom. The van der Waals surface area contributed by atoms with Crippen molar-refractivity contribution in [3.8, 4) is 5.75 Å². The number of fused-ring (bicyclic) bond motifs is 1. The molecule has 6 heteroatoms. The molecule has 0 spiro atoms. The molecule has 1 amide bonds. The Bertz CT molecular complexity index is 1050. The minimum atomic E-state index is -0.669. The van der Waals surface area contributed by atoms with Gasteiger partial charge in [-0.15, -0.1) is 0 Å². The predicted molar refractivity (Wildman–Crippen MR) is 109 cm³/mol. The van der Waals surface area contributed by atoms with Crippen LogP contribution >= 0.6 is 0 Å². The Kier molecular flexibility index (Phi) is 5.62. The summed E-state index contributed by atoms with van der Waals surface area (Å²) < 4.78 is 16.4. The van der Waals surface area contributed by atoms with Crippen LogP contribution in [0.15, 0.2) is 63.8 Å². The molecule has 3 aromatic rings. The second-order valence-corrected chi connectivity index (χ2v) is 7.13. The molecule has 0 saturated carbocycles. The summed E-state index contributed by atoms with van der Waals surface area (Å²) in [6.45, 7) is 1.54. The van der Waals surface area contributed by atoms with Crippen molar-refractivity contribution in [2.75, 3.05) is 20.3 Å². The van der Waals surface area contributed by atoms with Gasteiger partial charge in [-0.25, -0.2) is 4.79 Å². The highest BCUT2D eigenvalue weighted by Crippen LogP contribution is 2.25. The van der Waals surface area contributed by atoms with Crippen LogP contribution in [0, 0.1) is 0 Å². The maximum absolute atomic E-state index is 13.3. The number of carbonyl (C=O) groups excluding carboxylic acids is 1. The van der Waals surface area contributed by atoms with Crippen molar-refractivity contribution in [2.24, 2.45) is 0 Å². The normalized spacial score (nSPS) is 16.1. The minimum absolute atomic E-state index is 0.0136. The summed E-state index contributed by atoms with van der Waals surface area (Å²) >= 11 is 0. The zero-order valence-corrected chi connectivity index (χ0v) is 16.3. The average Bonchev–Trinajstić information content (AvgIpc) is 3.26. The van der Waals surface area contributed by atoms with Gasteiger partial charge in [-0.05, 0) is 30.5 Å². The van der Waals surface area contributed by atoms with E-state index in [0.29, 0.717) is 36.4 Å². The maximum Gasteiger partial charge on any atom is 0.349 e. The number of hydrogen-bond acceptors (Lipinski definition) is 5. The van der Waals surface area contributed by atoms with E-state index in [0.717, 1.165) is 18.4 Å². The first kappa shape index (κ1) is 19.2. The molecule has 0 aliphatic carbocycles. The van der Waals surface area contributed by atoms with Gasteiger partial charge in [0.25, 0.3) is 5.91 Å². The molecule has 0 unspecified atom stereocenters. The molecule has 6 nitrogen and oxygen atoms in total. The zero-order valence-electron chi connectivity index (χ0n) is 16.3. The third-order valence-electron chi connectivity index (χ3n) is 5.13. The third-order valence-corrected chi connectivity index (χ3v) is 5.13. The van der Waals surface area contributed by atoms with Crippen LogP contribution in [-0.4, -0.2) is 37.2 Å². The van der Waals surface area contributed by atoms with E-state index in [1.807, 2.05) is 30.3 Å². The molecule has 1 fully saturated rings. The predicted octanol–water partition coefficient (Wildman–Crippen LogP) is 3.62. The summed E-state index contributed by atoms with van der Waals surface area (Å²) in [7, 11) is 1.51. The summed E-state index contributed by atoms with van der Waals surface area (Å²) in [4.78, 5) is 27.6. The van der Waals surface area contributed by atoms with Crippen LogP contribution in [0.1, 0.15) is 28.8 Å². The van der Waals surface area contributed by atoms with Gasteiger partial charge in [0.2, 0.25) is 0 Å². The van der Waals surface area contributed by atoms with Crippen LogP contribution in [0.4, 0.5) is 0 Å². The van der Waals surface area contributed by atoms with E-state index in [1.165, 1.54) is 7.11 Å². The lowest BCUT2D eigenvalue weighted by atomic mass is 10.1. The van der Waals surface area contributed by atoms with Gasteiger partial charge in [-0.1, -0.05) is 42.5 Å². The zero-order chi connectivity index (χ0) is 20.2. The van der Waals surface area contributed by atoms with Crippen molar-refractivity contribution in [1.82, 2.24) is 4.90 Å². The fraction of sp³-hybridized carbons (Fsp3) is 0.304.